The summed E-state index contributed by atoms with van der Waals surface area (Å²) in [6.45, 7) is 5.38. The minimum atomic E-state index is -4.21. The average molecular weight is 611 g/mol. The Morgan fingerprint density at radius 1 is 1.14 bits per heavy atom. The number of hydrogen-bond acceptors (Lipinski definition) is 6. The molecule has 10 nitrogen and oxygen atoms in total. The molecule has 12 heteroatoms. The van der Waals surface area contributed by atoms with Crippen LogP contribution in [0.2, 0.25) is 0 Å². The van der Waals surface area contributed by atoms with Gasteiger partial charge in [0.15, 0.2) is 0 Å². The molecule has 0 saturated carbocycles. The summed E-state index contributed by atoms with van der Waals surface area (Å²) in [5.41, 5.74) is 2.82. The van der Waals surface area contributed by atoms with Crippen LogP contribution in [0.15, 0.2) is 42.7 Å². The number of hydrogen-bond donors (Lipinski definition) is 3. The largest absolute Gasteiger partial charge is 0.340 e. The summed E-state index contributed by atoms with van der Waals surface area (Å²) in [6, 6.07) is 7.50. The molecule has 42 heavy (non-hydrogen) atoms. The number of pyridine rings is 1. The SMILES string of the molecule is Cc1ccncc1C1CN(C(=O)[C@@H]2CC[C@@H]3CC(C)C[C@H](NC(=O)c4cc5cc(CP(=O)(O)O)ccc5s4)C(=O)N32)C1. The first kappa shape index (κ1) is 29.0. The van der Waals surface area contributed by atoms with Crippen LogP contribution in [-0.4, -0.2) is 73.5 Å². The zero-order valence-corrected chi connectivity index (χ0v) is 25.3. The van der Waals surface area contributed by atoms with Crippen molar-refractivity contribution in [2.24, 2.45) is 5.92 Å². The predicted octanol–water partition coefficient (Wildman–Crippen LogP) is 3.80. The fraction of sp³-hybridized carbons (Fsp3) is 0.467. The van der Waals surface area contributed by atoms with Gasteiger partial charge in [-0.05, 0) is 84.9 Å². The summed E-state index contributed by atoms with van der Waals surface area (Å²) in [5.74, 6) is -0.127. The number of amides is 3. The lowest BCUT2D eigenvalue weighted by molar-refractivity contribution is -0.148. The van der Waals surface area contributed by atoms with E-state index in [9.17, 15) is 28.7 Å². The van der Waals surface area contributed by atoms with Gasteiger partial charge in [0.1, 0.15) is 12.1 Å². The molecule has 3 aliphatic heterocycles. The number of fused-ring (bicyclic) bond motifs is 2. The molecule has 0 spiro atoms. The van der Waals surface area contributed by atoms with E-state index in [0.29, 0.717) is 36.4 Å². The number of nitrogens with one attached hydrogen (secondary N) is 1. The van der Waals surface area contributed by atoms with Crippen LogP contribution in [0.25, 0.3) is 10.1 Å². The van der Waals surface area contributed by atoms with E-state index < -0.39 is 19.7 Å². The topological polar surface area (TPSA) is 140 Å². The summed E-state index contributed by atoms with van der Waals surface area (Å²) in [5, 5.41) is 3.68. The Hall–Kier alpha value is -3.11. The number of benzene rings is 1. The number of aryl methyl sites for hydroxylation is 1. The van der Waals surface area contributed by atoms with Crippen LogP contribution in [0.5, 0.6) is 0 Å². The van der Waals surface area contributed by atoms with Gasteiger partial charge >= 0.3 is 7.60 Å². The van der Waals surface area contributed by atoms with E-state index in [1.54, 1.807) is 35.4 Å². The van der Waals surface area contributed by atoms with E-state index in [1.807, 2.05) is 17.2 Å². The molecule has 3 aromatic rings. The number of nitrogens with zero attached hydrogens (tertiary/aromatic N) is 3. The first-order valence-electron chi connectivity index (χ1n) is 14.4. The molecule has 0 aliphatic carbocycles. The molecule has 2 aromatic heterocycles. The minimum Gasteiger partial charge on any atom is -0.340 e. The summed E-state index contributed by atoms with van der Waals surface area (Å²) in [7, 11) is -4.21. The van der Waals surface area contributed by atoms with Gasteiger partial charge in [-0.15, -0.1) is 11.3 Å². The van der Waals surface area contributed by atoms with Gasteiger partial charge in [-0.25, -0.2) is 0 Å². The summed E-state index contributed by atoms with van der Waals surface area (Å²) in [6.07, 6.45) is 5.98. The highest BCUT2D eigenvalue weighted by Crippen LogP contribution is 2.40. The maximum atomic E-state index is 13.9. The van der Waals surface area contributed by atoms with Crippen molar-refractivity contribution in [1.29, 1.82) is 0 Å². The van der Waals surface area contributed by atoms with Crippen molar-refractivity contribution in [3.8, 4) is 0 Å². The lowest BCUT2D eigenvalue weighted by Crippen LogP contribution is -2.58. The van der Waals surface area contributed by atoms with Crippen LogP contribution >= 0.6 is 18.9 Å². The molecule has 3 amide bonds. The highest BCUT2D eigenvalue weighted by atomic mass is 32.1. The van der Waals surface area contributed by atoms with Crippen LogP contribution < -0.4 is 5.32 Å². The quantitative estimate of drug-likeness (QED) is 0.361. The van der Waals surface area contributed by atoms with Gasteiger partial charge in [0, 0.05) is 42.1 Å². The standard InChI is InChI=1S/C30H35N4O6PS/c1-17-9-22-4-5-25(30(37)33-14-21(15-33)23-13-31-8-7-18(23)2)34(22)29(36)24(10-17)32-28(35)27-12-20-11-19(16-41(38,39)40)3-6-26(20)42-27/h3,6-8,11-13,17,21-22,24-25H,4-5,9-10,14-16H2,1-2H3,(H,32,35)(H2,38,39,40)/t17?,22-,24+,25+/m1/s1. The molecule has 3 saturated heterocycles. The first-order chi connectivity index (χ1) is 20.0. The van der Waals surface area contributed by atoms with Crippen LogP contribution in [0, 0.1) is 12.8 Å². The van der Waals surface area contributed by atoms with Crippen molar-refractivity contribution in [3.05, 3.63) is 64.3 Å². The Morgan fingerprint density at radius 2 is 1.93 bits per heavy atom. The highest BCUT2D eigenvalue weighted by molar-refractivity contribution is 7.50. The van der Waals surface area contributed by atoms with Gasteiger partial charge in [-0.1, -0.05) is 13.0 Å². The van der Waals surface area contributed by atoms with Crippen molar-refractivity contribution < 1.29 is 28.7 Å². The van der Waals surface area contributed by atoms with E-state index in [1.165, 1.54) is 16.9 Å². The Kier molecular flexibility index (Phi) is 7.72. The minimum absolute atomic E-state index is 0.0149. The van der Waals surface area contributed by atoms with Gasteiger partial charge in [0.2, 0.25) is 11.8 Å². The van der Waals surface area contributed by atoms with Crippen molar-refractivity contribution in [1.82, 2.24) is 20.1 Å². The average Bonchev–Trinajstić information content (AvgIpc) is 3.48. The van der Waals surface area contributed by atoms with Gasteiger partial charge in [-0.2, -0.15) is 0 Å². The molecule has 1 unspecified atom stereocenters. The third-order valence-electron chi connectivity index (χ3n) is 8.86. The Labute approximate surface area is 248 Å². The molecule has 0 radical (unpaired) electrons. The second kappa shape index (κ2) is 11.2. The zero-order valence-electron chi connectivity index (χ0n) is 23.6. The predicted molar refractivity (Wildman–Crippen MR) is 159 cm³/mol. The fourth-order valence-electron chi connectivity index (χ4n) is 6.79. The molecule has 222 valence electrons. The van der Waals surface area contributed by atoms with Crippen LogP contribution in [0.1, 0.15) is 64.9 Å². The van der Waals surface area contributed by atoms with Gasteiger partial charge in [0.05, 0.1) is 11.0 Å². The maximum Gasteiger partial charge on any atom is 0.329 e. The molecule has 4 atom stereocenters. The van der Waals surface area contributed by atoms with E-state index in [-0.39, 0.29) is 41.8 Å². The summed E-state index contributed by atoms with van der Waals surface area (Å²) in [4.78, 5) is 67.8. The molecular formula is C30H35N4O6PS. The second-order valence-electron chi connectivity index (χ2n) is 12.1. The lowest BCUT2D eigenvalue weighted by atomic mass is 9.89. The molecule has 3 fully saturated rings. The third kappa shape index (κ3) is 5.75. The van der Waals surface area contributed by atoms with Crippen molar-refractivity contribution in [2.75, 3.05) is 13.1 Å². The van der Waals surface area contributed by atoms with Crippen LogP contribution in [-0.2, 0) is 20.3 Å². The maximum absolute atomic E-state index is 13.9. The molecule has 3 N–H and O–H groups in total. The first-order valence-corrected chi connectivity index (χ1v) is 17.0. The molecule has 3 aliphatic rings. The highest BCUT2D eigenvalue weighted by Gasteiger charge is 2.48. The number of carbonyl (C=O) groups excluding carboxylic acids is 3. The number of carbonyl (C=O) groups is 3. The van der Waals surface area contributed by atoms with Gasteiger partial charge < -0.3 is 24.9 Å². The van der Waals surface area contributed by atoms with Crippen LogP contribution in [0.3, 0.4) is 0 Å². The smallest absolute Gasteiger partial charge is 0.329 e. The third-order valence-corrected chi connectivity index (χ3v) is 10.8. The van der Waals surface area contributed by atoms with Crippen molar-refractivity contribution in [2.45, 2.75) is 69.7 Å². The molecule has 0 bridgehead atoms. The number of likely N-dealkylation sites (tertiary alicyclic amines) is 1. The van der Waals surface area contributed by atoms with Gasteiger partial charge in [-0.3, -0.25) is 23.9 Å². The molecular weight excluding hydrogens is 575 g/mol. The number of aromatic nitrogens is 1. The van der Waals surface area contributed by atoms with E-state index in [0.717, 1.165) is 28.5 Å². The zero-order chi connectivity index (χ0) is 29.8. The molecule has 5 heterocycles. The Bertz CT molecular complexity index is 1600. The lowest BCUT2D eigenvalue weighted by Gasteiger charge is -2.43. The van der Waals surface area contributed by atoms with Gasteiger partial charge in [0.25, 0.3) is 5.91 Å². The van der Waals surface area contributed by atoms with E-state index >= 15 is 0 Å². The monoisotopic (exact) mass is 610 g/mol. The molecule has 1 aromatic carbocycles. The van der Waals surface area contributed by atoms with E-state index in [4.69, 9.17) is 0 Å². The van der Waals surface area contributed by atoms with Crippen molar-refractivity contribution >= 4 is 46.7 Å². The number of rotatable bonds is 6. The normalized spacial score (nSPS) is 24.8. The van der Waals surface area contributed by atoms with Crippen LogP contribution in [0.4, 0.5) is 0 Å². The fourth-order valence-corrected chi connectivity index (χ4v) is 8.41. The summed E-state index contributed by atoms with van der Waals surface area (Å²) >= 11 is 1.27. The number of thiophene rings is 1. The summed E-state index contributed by atoms with van der Waals surface area (Å²) < 4.78 is 12.2. The van der Waals surface area contributed by atoms with E-state index in [2.05, 4.69) is 24.1 Å². The Morgan fingerprint density at radius 3 is 2.67 bits per heavy atom. The van der Waals surface area contributed by atoms with Crippen molar-refractivity contribution in [3.63, 3.8) is 0 Å². The molecule has 6 rings (SSSR count). The Balaban J connectivity index is 1.15. The second-order valence-corrected chi connectivity index (χ2v) is 14.8.